The predicted octanol–water partition coefficient (Wildman–Crippen LogP) is 1.98. The standard InChI is InChI=1S/C9H11N3OS/c1-7(9-3-2-4-13-9)10-5-8-6-14-12-11-8/h2-4,6-7,10H,5H2,1H3. The number of nitrogens with zero attached hydrogens (tertiary/aromatic N) is 2. The van der Waals surface area contributed by atoms with Crippen LogP contribution in [0.1, 0.15) is 24.4 Å². The van der Waals surface area contributed by atoms with Crippen LogP contribution < -0.4 is 5.32 Å². The van der Waals surface area contributed by atoms with Crippen LogP contribution >= 0.6 is 11.5 Å². The summed E-state index contributed by atoms with van der Waals surface area (Å²) >= 11 is 1.36. The zero-order chi connectivity index (χ0) is 9.80. The van der Waals surface area contributed by atoms with Gasteiger partial charge in [-0.3, -0.25) is 0 Å². The van der Waals surface area contributed by atoms with Crippen molar-refractivity contribution >= 4 is 11.5 Å². The van der Waals surface area contributed by atoms with E-state index < -0.39 is 0 Å². The molecule has 0 aromatic carbocycles. The molecule has 0 fully saturated rings. The maximum atomic E-state index is 5.27. The molecule has 1 unspecified atom stereocenters. The quantitative estimate of drug-likeness (QED) is 0.836. The van der Waals surface area contributed by atoms with Crippen molar-refractivity contribution in [3.63, 3.8) is 0 Å². The zero-order valence-electron chi connectivity index (χ0n) is 7.80. The minimum atomic E-state index is 0.201. The van der Waals surface area contributed by atoms with Crippen molar-refractivity contribution in [1.29, 1.82) is 0 Å². The maximum Gasteiger partial charge on any atom is 0.120 e. The van der Waals surface area contributed by atoms with Gasteiger partial charge < -0.3 is 9.73 Å². The third-order valence-electron chi connectivity index (χ3n) is 1.96. The van der Waals surface area contributed by atoms with Crippen LogP contribution in [0.25, 0.3) is 0 Å². The van der Waals surface area contributed by atoms with E-state index in [1.54, 1.807) is 6.26 Å². The van der Waals surface area contributed by atoms with E-state index in [1.807, 2.05) is 17.5 Å². The van der Waals surface area contributed by atoms with Gasteiger partial charge in [0.25, 0.3) is 0 Å². The van der Waals surface area contributed by atoms with Crippen LogP contribution in [0.3, 0.4) is 0 Å². The molecule has 0 spiro atoms. The topological polar surface area (TPSA) is 51.0 Å². The summed E-state index contributed by atoms with van der Waals surface area (Å²) in [6.07, 6.45) is 1.68. The first-order chi connectivity index (χ1) is 6.86. The molecule has 0 radical (unpaired) electrons. The molecule has 4 nitrogen and oxygen atoms in total. The fourth-order valence-electron chi connectivity index (χ4n) is 1.16. The van der Waals surface area contributed by atoms with E-state index in [-0.39, 0.29) is 6.04 Å². The number of hydrogen-bond donors (Lipinski definition) is 1. The molecule has 0 saturated heterocycles. The summed E-state index contributed by atoms with van der Waals surface area (Å²) in [4.78, 5) is 0. The second-order valence-corrected chi connectivity index (χ2v) is 3.62. The van der Waals surface area contributed by atoms with E-state index >= 15 is 0 Å². The van der Waals surface area contributed by atoms with Crippen molar-refractivity contribution in [3.8, 4) is 0 Å². The van der Waals surface area contributed by atoms with Gasteiger partial charge in [0.15, 0.2) is 0 Å². The van der Waals surface area contributed by atoms with Crippen molar-refractivity contribution in [2.24, 2.45) is 0 Å². The van der Waals surface area contributed by atoms with Crippen LogP contribution in [0, 0.1) is 0 Å². The predicted molar refractivity (Wildman–Crippen MR) is 53.9 cm³/mol. The largest absolute Gasteiger partial charge is 0.468 e. The van der Waals surface area contributed by atoms with Gasteiger partial charge in [0.1, 0.15) is 5.76 Å². The van der Waals surface area contributed by atoms with Crippen LogP contribution in [-0.2, 0) is 6.54 Å². The summed E-state index contributed by atoms with van der Waals surface area (Å²) in [5.41, 5.74) is 0.966. The van der Waals surface area contributed by atoms with Gasteiger partial charge in [0, 0.05) is 11.9 Å². The second-order valence-electron chi connectivity index (χ2n) is 3.01. The van der Waals surface area contributed by atoms with E-state index in [0.29, 0.717) is 0 Å². The summed E-state index contributed by atoms with van der Waals surface area (Å²) in [6.45, 7) is 2.77. The average molecular weight is 209 g/mol. The number of nitrogens with one attached hydrogen (secondary N) is 1. The highest BCUT2D eigenvalue weighted by atomic mass is 32.1. The van der Waals surface area contributed by atoms with E-state index in [9.17, 15) is 0 Å². The Morgan fingerprint density at radius 1 is 1.64 bits per heavy atom. The van der Waals surface area contributed by atoms with E-state index in [0.717, 1.165) is 18.0 Å². The maximum absolute atomic E-state index is 5.27. The number of furan rings is 1. The molecule has 0 aliphatic carbocycles. The Morgan fingerprint density at radius 3 is 3.21 bits per heavy atom. The Bertz CT molecular complexity index is 357. The number of hydrogen-bond acceptors (Lipinski definition) is 5. The van der Waals surface area contributed by atoms with Gasteiger partial charge in [0.05, 0.1) is 18.0 Å². The average Bonchev–Trinajstić information content (AvgIpc) is 2.87. The second kappa shape index (κ2) is 4.34. The Labute approximate surface area is 86.1 Å². The molecule has 0 aliphatic rings. The molecule has 74 valence electrons. The first kappa shape index (κ1) is 9.36. The van der Waals surface area contributed by atoms with Gasteiger partial charge in [-0.25, -0.2) is 0 Å². The first-order valence-corrected chi connectivity index (χ1v) is 5.22. The van der Waals surface area contributed by atoms with Crippen molar-refractivity contribution in [1.82, 2.24) is 14.9 Å². The minimum Gasteiger partial charge on any atom is -0.468 e. The van der Waals surface area contributed by atoms with Crippen LogP contribution in [0.5, 0.6) is 0 Å². The van der Waals surface area contributed by atoms with Gasteiger partial charge in [-0.15, -0.1) is 5.10 Å². The van der Waals surface area contributed by atoms with Crippen molar-refractivity contribution < 1.29 is 4.42 Å². The molecule has 0 amide bonds. The third-order valence-corrected chi connectivity index (χ3v) is 2.52. The monoisotopic (exact) mass is 209 g/mol. The molecule has 2 aromatic heterocycles. The molecular formula is C9H11N3OS. The molecule has 5 heteroatoms. The lowest BCUT2D eigenvalue weighted by atomic mass is 10.2. The molecule has 2 aromatic rings. The van der Waals surface area contributed by atoms with E-state index in [2.05, 4.69) is 21.8 Å². The first-order valence-electron chi connectivity index (χ1n) is 4.39. The summed E-state index contributed by atoms with van der Waals surface area (Å²) < 4.78 is 9.06. The number of rotatable bonds is 4. The highest BCUT2D eigenvalue weighted by Gasteiger charge is 2.07. The van der Waals surface area contributed by atoms with Gasteiger partial charge in [-0.1, -0.05) is 4.49 Å². The fraction of sp³-hybridized carbons (Fsp3) is 0.333. The molecule has 0 saturated carbocycles. The minimum absolute atomic E-state index is 0.201. The Kier molecular flexibility index (Phi) is 2.90. The van der Waals surface area contributed by atoms with Crippen LogP contribution in [-0.4, -0.2) is 9.59 Å². The molecule has 0 bridgehead atoms. The SMILES string of the molecule is CC(NCc1csnn1)c1ccco1. The van der Waals surface area contributed by atoms with E-state index in [4.69, 9.17) is 4.42 Å². The lowest BCUT2D eigenvalue weighted by Gasteiger charge is -2.08. The fourth-order valence-corrected chi connectivity index (χ4v) is 1.61. The van der Waals surface area contributed by atoms with Gasteiger partial charge in [0.2, 0.25) is 0 Å². The Balaban J connectivity index is 1.87. The third kappa shape index (κ3) is 2.18. The lowest BCUT2D eigenvalue weighted by Crippen LogP contribution is -2.17. The van der Waals surface area contributed by atoms with E-state index in [1.165, 1.54) is 11.5 Å². The van der Waals surface area contributed by atoms with Gasteiger partial charge in [-0.05, 0) is 30.6 Å². The lowest BCUT2D eigenvalue weighted by molar-refractivity contribution is 0.428. The summed E-state index contributed by atoms with van der Waals surface area (Å²) in [7, 11) is 0. The highest BCUT2D eigenvalue weighted by molar-refractivity contribution is 7.03. The molecule has 14 heavy (non-hydrogen) atoms. The van der Waals surface area contributed by atoms with Crippen molar-refractivity contribution in [3.05, 3.63) is 35.2 Å². The summed E-state index contributed by atoms with van der Waals surface area (Å²) in [5, 5.41) is 9.18. The highest BCUT2D eigenvalue weighted by Crippen LogP contribution is 2.12. The van der Waals surface area contributed by atoms with Crippen molar-refractivity contribution in [2.75, 3.05) is 0 Å². The normalized spacial score (nSPS) is 12.9. The van der Waals surface area contributed by atoms with Gasteiger partial charge >= 0.3 is 0 Å². The van der Waals surface area contributed by atoms with Crippen LogP contribution in [0.4, 0.5) is 0 Å². The smallest absolute Gasteiger partial charge is 0.120 e. The molecule has 1 atom stereocenters. The molecule has 0 aliphatic heterocycles. The number of aromatic nitrogens is 2. The van der Waals surface area contributed by atoms with Crippen molar-refractivity contribution in [2.45, 2.75) is 19.5 Å². The zero-order valence-corrected chi connectivity index (χ0v) is 8.62. The molecular weight excluding hydrogens is 198 g/mol. The van der Waals surface area contributed by atoms with Gasteiger partial charge in [-0.2, -0.15) is 0 Å². The molecule has 1 N–H and O–H groups in total. The Morgan fingerprint density at radius 2 is 2.57 bits per heavy atom. The molecule has 2 rings (SSSR count). The summed E-state index contributed by atoms with van der Waals surface area (Å²) in [6, 6.07) is 4.04. The van der Waals surface area contributed by atoms with Crippen LogP contribution in [0.2, 0.25) is 0 Å². The van der Waals surface area contributed by atoms with Crippen LogP contribution in [0.15, 0.2) is 28.2 Å². The molecule has 2 heterocycles. The summed E-state index contributed by atoms with van der Waals surface area (Å²) in [5.74, 6) is 0.938. The Hall–Kier alpha value is -1.20.